The summed E-state index contributed by atoms with van der Waals surface area (Å²) in [6.45, 7) is 0. The number of carbonyl (C=O) groups excluding carboxylic acids is 1. The van der Waals surface area contributed by atoms with E-state index in [4.69, 9.17) is 15.6 Å². The number of nitrogens with two attached hydrogens (primary N) is 1. The normalized spacial score (nSPS) is 9.77. The fourth-order valence-corrected chi connectivity index (χ4v) is 2.23. The SMILES string of the molecule is CNC(=O)c1ccc2ncc(C(=O)O)c(N)c2c1.COc1ccccc1. The Balaban J connectivity index is 0.000000254. The van der Waals surface area contributed by atoms with E-state index in [-0.39, 0.29) is 17.2 Å². The van der Waals surface area contributed by atoms with Gasteiger partial charge in [0.15, 0.2) is 0 Å². The molecule has 3 aromatic rings. The maximum atomic E-state index is 11.5. The topological polar surface area (TPSA) is 115 Å². The molecule has 0 spiro atoms. The van der Waals surface area contributed by atoms with Gasteiger partial charge in [-0.25, -0.2) is 4.79 Å². The summed E-state index contributed by atoms with van der Waals surface area (Å²) in [5.41, 5.74) is 6.76. The van der Waals surface area contributed by atoms with Gasteiger partial charge in [-0.1, -0.05) is 18.2 Å². The van der Waals surface area contributed by atoms with Crippen molar-refractivity contribution in [2.75, 3.05) is 19.9 Å². The Bertz CT molecular complexity index is 927. The minimum atomic E-state index is -1.15. The number of methoxy groups -OCH3 is 1. The zero-order valence-corrected chi connectivity index (χ0v) is 14.4. The monoisotopic (exact) mass is 353 g/mol. The number of anilines is 1. The number of ether oxygens (including phenoxy) is 1. The molecule has 1 aromatic heterocycles. The Morgan fingerprint density at radius 3 is 2.38 bits per heavy atom. The van der Waals surface area contributed by atoms with E-state index in [0.29, 0.717) is 16.5 Å². The maximum Gasteiger partial charge on any atom is 0.339 e. The molecule has 0 atom stereocenters. The number of hydrogen-bond donors (Lipinski definition) is 3. The first-order valence-corrected chi connectivity index (χ1v) is 7.70. The van der Waals surface area contributed by atoms with Gasteiger partial charge in [0.25, 0.3) is 5.91 Å². The molecule has 1 amide bonds. The van der Waals surface area contributed by atoms with E-state index in [1.54, 1.807) is 19.2 Å². The zero-order valence-electron chi connectivity index (χ0n) is 14.4. The first kappa shape index (κ1) is 18.7. The van der Waals surface area contributed by atoms with Crippen LogP contribution in [0.4, 0.5) is 5.69 Å². The van der Waals surface area contributed by atoms with E-state index in [1.165, 1.54) is 19.3 Å². The largest absolute Gasteiger partial charge is 0.497 e. The Morgan fingerprint density at radius 2 is 1.85 bits per heavy atom. The molecule has 3 rings (SSSR count). The second-order valence-electron chi connectivity index (χ2n) is 5.22. The summed E-state index contributed by atoms with van der Waals surface area (Å²) in [7, 11) is 3.18. The summed E-state index contributed by atoms with van der Waals surface area (Å²) in [4.78, 5) is 26.4. The highest BCUT2D eigenvalue weighted by Crippen LogP contribution is 2.24. The molecule has 0 saturated carbocycles. The highest BCUT2D eigenvalue weighted by Gasteiger charge is 2.13. The molecule has 0 aliphatic carbocycles. The van der Waals surface area contributed by atoms with Crippen LogP contribution < -0.4 is 15.8 Å². The molecule has 7 heteroatoms. The van der Waals surface area contributed by atoms with Gasteiger partial charge in [-0.2, -0.15) is 0 Å². The molecule has 0 bridgehead atoms. The highest BCUT2D eigenvalue weighted by molar-refractivity contribution is 6.06. The molecular formula is C19H19N3O4. The third-order valence-electron chi connectivity index (χ3n) is 3.61. The number of nitrogens with zero attached hydrogens (tertiary/aromatic N) is 1. The number of para-hydroxylation sites is 1. The van der Waals surface area contributed by atoms with Crippen molar-refractivity contribution in [1.29, 1.82) is 0 Å². The van der Waals surface area contributed by atoms with Crippen LogP contribution in [0.15, 0.2) is 54.7 Å². The molecule has 2 aromatic carbocycles. The zero-order chi connectivity index (χ0) is 19.1. The summed E-state index contributed by atoms with van der Waals surface area (Å²) in [6, 6.07) is 14.4. The van der Waals surface area contributed by atoms with Crippen LogP contribution in [0.3, 0.4) is 0 Å². The van der Waals surface area contributed by atoms with E-state index in [2.05, 4.69) is 10.3 Å². The number of nitrogen functional groups attached to an aromatic ring is 1. The third-order valence-corrected chi connectivity index (χ3v) is 3.61. The van der Waals surface area contributed by atoms with Crippen molar-refractivity contribution in [2.45, 2.75) is 0 Å². The molecule has 1 heterocycles. The Kier molecular flexibility index (Phi) is 6.10. The van der Waals surface area contributed by atoms with Crippen LogP contribution in [0.5, 0.6) is 5.75 Å². The van der Waals surface area contributed by atoms with Crippen LogP contribution in [0.1, 0.15) is 20.7 Å². The molecule has 7 nitrogen and oxygen atoms in total. The molecular weight excluding hydrogens is 334 g/mol. The first-order valence-electron chi connectivity index (χ1n) is 7.70. The molecule has 0 radical (unpaired) electrons. The number of rotatable bonds is 3. The second-order valence-corrected chi connectivity index (χ2v) is 5.22. The van der Waals surface area contributed by atoms with E-state index >= 15 is 0 Å². The summed E-state index contributed by atoms with van der Waals surface area (Å²) in [5, 5.41) is 11.9. The lowest BCUT2D eigenvalue weighted by molar-refractivity contribution is 0.0697. The average molecular weight is 353 g/mol. The minimum absolute atomic E-state index is 0.0726. The number of fused-ring (bicyclic) bond motifs is 1. The Labute approximate surface area is 150 Å². The van der Waals surface area contributed by atoms with E-state index < -0.39 is 5.97 Å². The van der Waals surface area contributed by atoms with Crippen LogP contribution in [-0.4, -0.2) is 36.1 Å². The van der Waals surface area contributed by atoms with Gasteiger partial charge in [0.1, 0.15) is 11.3 Å². The van der Waals surface area contributed by atoms with Crippen LogP contribution >= 0.6 is 0 Å². The lowest BCUT2D eigenvalue weighted by Gasteiger charge is -2.07. The van der Waals surface area contributed by atoms with Crippen molar-refractivity contribution in [3.8, 4) is 5.75 Å². The number of amides is 1. The molecule has 26 heavy (non-hydrogen) atoms. The molecule has 4 N–H and O–H groups in total. The van der Waals surface area contributed by atoms with Crippen molar-refractivity contribution in [3.63, 3.8) is 0 Å². The van der Waals surface area contributed by atoms with Gasteiger partial charge < -0.3 is 20.9 Å². The van der Waals surface area contributed by atoms with Gasteiger partial charge in [0.2, 0.25) is 0 Å². The van der Waals surface area contributed by atoms with Gasteiger partial charge in [-0.3, -0.25) is 9.78 Å². The minimum Gasteiger partial charge on any atom is -0.497 e. The molecule has 0 aliphatic heterocycles. The van der Waals surface area contributed by atoms with E-state index in [0.717, 1.165) is 5.75 Å². The Morgan fingerprint density at radius 1 is 1.15 bits per heavy atom. The van der Waals surface area contributed by atoms with Crippen LogP contribution in [0.2, 0.25) is 0 Å². The lowest BCUT2D eigenvalue weighted by atomic mass is 10.1. The van der Waals surface area contributed by atoms with E-state index in [9.17, 15) is 9.59 Å². The molecule has 0 unspecified atom stereocenters. The number of hydrogen-bond acceptors (Lipinski definition) is 5. The average Bonchev–Trinajstić information content (AvgIpc) is 2.68. The number of nitrogens with one attached hydrogen (secondary N) is 1. The van der Waals surface area contributed by atoms with Gasteiger partial charge >= 0.3 is 5.97 Å². The third kappa shape index (κ3) is 4.27. The van der Waals surface area contributed by atoms with Gasteiger partial charge in [-0.05, 0) is 30.3 Å². The number of carboxylic acids is 1. The molecule has 0 fully saturated rings. The standard InChI is InChI=1S/C12H11N3O3.C7H8O/c1-14-11(16)6-2-3-9-7(4-6)10(13)8(5-15-9)12(17)18;1-8-7-5-3-2-4-6-7/h2-5H,1H3,(H2,13,15)(H,14,16)(H,17,18);2-6H,1H3. The lowest BCUT2D eigenvalue weighted by Crippen LogP contribution is -2.17. The van der Waals surface area contributed by atoms with Gasteiger partial charge in [0, 0.05) is 24.2 Å². The predicted octanol–water partition coefficient (Wildman–Crippen LogP) is 2.57. The number of aromatic nitrogens is 1. The highest BCUT2D eigenvalue weighted by atomic mass is 16.5. The summed E-state index contributed by atoms with van der Waals surface area (Å²) >= 11 is 0. The van der Waals surface area contributed by atoms with Crippen molar-refractivity contribution >= 4 is 28.5 Å². The summed E-state index contributed by atoms with van der Waals surface area (Å²) in [6.07, 6.45) is 1.21. The second kappa shape index (κ2) is 8.48. The van der Waals surface area contributed by atoms with Crippen molar-refractivity contribution in [3.05, 3.63) is 65.9 Å². The van der Waals surface area contributed by atoms with Crippen molar-refractivity contribution in [1.82, 2.24) is 10.3 Å². The molecule has 0 aliphatic rings. The predicted molar refractivity (Wildman–Crippen MR) is 99.5 cm³/mol. The maximum absolute atomic E-state index is 11.5. The molecule has 134 valence electrons. The number of aromatic carboxylic acids is 1. The summed E-state index contributed by atoms with van der Waals surface area (Å²) < 4.78 is 4.91. The van der Waals surface area contributed by atoms with Gasteiger partial charge in [0.05, 0.1) is 18.3 Å². The fourth-order valence-electron chi connectivity index (χ4n) is 2.23. The Hall–Kier alpha value is -3.61. The van der Waals surface area contributed by atoms with Gasteiger partial charge in [-0.15, -0.1) is 0 Å². The summed E-state index contributed by atoms with van der Waals surface area (Å²) in [5.74, 6) is -0.503. The number of carboxylic acid groups (broad SMARTS) is 1. The van der Waals surface area contributed by atoms with Crippen molar-refractivity contribution < 1.29 is 19.4 Å². The number of pyridine rings is 1. The quantitative estimate of drug-likeness (QED) is 0.667. The smallest absolute Gasteiger partial charge is 0.339 e. The first-order chi connectivity index (χ1) is 12.5. The van der Waals surface area contributed by atoms with Crippen LogP contribution in [0.25, 0.3) is 10.9 Å². The molecule has 0 saturated heterocycles. The fraction of sp³-hybridized carbons (Fsp3) is 0.105. The number of benzene rings is 2. The number of carbonyl (C=O) groups is 2. The van der Waals surface area contributed by atoms with E-state index in [1.807, 2.05) is 30.3 Å². The van der Waals surface area contributed by atoms with Crippen LogP contribution in [0, 0.1) is 0 Å². The van der Waals surface area contributed by atoms with Crippen LogP contribution in [-0.2, 0) is 0 Å². The van der Waals surface area contributed by atoms with Crippen molar-refractivity contribution in [2.24, 2.45) is 0 Å².